The first-order valence-corrected chi connectivity index (χ1v) is 7.48. The highest BCUT2D eigenvalue weighted by molar-refractivity contribution is 7.89. The Balaban J connectivity index is 2.18. The number of carboxylic acid groups (broad SMARTS) is 1. The summed E-state index contributed by atoms with van der Waals surface area (Å²) in [6.07, 6.45) is 3.10. The van der Waals surface area contributed by atoms with E-state index in [0.29, 0.717) is 6.42 Å². The van der Waals surface area contributed by atoms with Crippen molar-refractivity contribution in [1.29, 1.82) is 0 Å². The summed E-state index contributed by atoms with van der Waals surface area (Å²) in [6, 6.07) is 0. The highest BCUT2D eigenvalue weighted by Gasteiger charge is 2.36. The number of sulfonamides is 1. The van der Waals surface area contributed by atoms with E-state index in [1.54, 1.807) is 14.0 Å². The molecule has 2 unspecified atom stereocenters. The maximum absolute atomic E-state index is 12.3. The molecule has 1 aromatic heterocycles. The molecule has 1 saturated heterocycles. The van der Waals surface area contributed by atoms with Gasteiger partial charge in [0.1, 0.15) is 4.90 Å². The molecule has 0 aromatic carbocycles. The van der Waals surface area contributed by atoms with Crippen molar-refractivity contribution in [1.82, 2.24) is 14.1 Å². The number of rotatable bonds is 3. The van der Waals surface area contributed by atoms with E-state index >= 15 is 0 Å². The van der Waals surface area contributed by atoms with Crippen LogP contribution in [0.15, 0.2) is 17.3 Å². The molecular formula is C11H17N3O4S. The molecule has 7 nitrogen and oxygen atoms in total. The molecule has 2 heterocycles. The zero-order chi connectivity index (χ0) is 14.2. The van der Waals surface area contributed by atoms with Gasteiger partial charge in [-0.15, -0.1) is 0 Å². The Kier molecular flexibility index (Phi) is 3.64. The molecule has 1 N–H and O–H groups in total. The Labute approximate surface area is 111 Å². The van der Waals surface area contributed by atoms with Crippen molar-refractivity contribution < 1.29 is 18.3 Å². The van der Waals surface area contributed by atoms with E-state index in [1.165, 1.54) is 21.4 Å². The minimum Gasteiger partial charge on any atom is -0.481 e. The van der Waals surface area contributed by atoms with Gasteiger partial charge in [-0.1, -0.05) is 6.92 Å². The number of hydrogen-bond donors (Lipinski definition) is 1. The van der Waals surface area contributed by atoms with Gasteiger partial charge in [0.2, 0.25) is 10.0 Å². The minimum atomic E-state index is -3.57. The lowest BCUT2D eigenvalue weighted by Gasteiger charge is -2.33. The van der Waals surface area contributed by atoms with Crippen molar-refractivity contribution in [2.45, 2.75) is 18.2 Å². The quantitative estimate of drug-likeness (QED) is 0.854. The van der Waals surface area contributed by atoms with Crippen LogP contribution in [0.4, 0.5) is 0 Å². The second-order valence-electron chi connectivity index (χ2n) is 4.92. The summed E-state index contributed by atoms with van der Waals surface area (Å²) in [5.41, 5.74) is 0. The van der Waals surface area contributed by atoms with Crippen LogP contribution in [-0.4, -0.2) is 46.7 Å². The Morgan fingerprint density at radius 2 is 2.21 bits per heavy atom. The summed E-state index contributed by atoms with van der Waals surface area (Å²) in [5.74, 6) is -1.52. The van der Waals surface area contributed by atoms with Crippen molar-refractivity contribution in [3.05, 3.63) is 12.4 Å². The predicted octanol–water partition coefficient (Wildman–Crippen LogP) is 0.151. The third-order valence-electron chi connectivity index (χ3n) is 3.50. The Hall–Kier alpha value is -1.41. The van der Waals surface area contributed by atoms with E-state index in [2.05, 4.69) is 5.10 Å². The van der Waals surface area contributed by atoms with Crippen LogP contribution < -0.4 is 0 Å². The van der Waals surface area contributed by atoms with Crippen LogP contribution in [0.5, 0.6) is 0 Å². The van der Waals surface area contributed by atoms with Gasteiger partial charge in [0.05, 0.1) is 12.1 Å². The molecule has 2 rings (SSSR count). The predicted molar refractivity (Wildman–Crippen MR) is 66.9 cm³/mol. The summed E-state index contributed by atoms with van der Waals surface area (Å²) < 4.78 is 27.5. The van der Waals surface area contributed by atoms with Gasteiger partial charge in [0, 0.05) is 26.3 Å². The molecule has 0 bridgehead atoms. The molecule has 106 valence electrons. The van der Waals surface area contributed by atoms with E-state index in [9.17, 15) is 13.2 Å². The first kappa shape index (κ1) is 14.0. The SMILES string of the molecule is CC1CN(S(=O)(=O)c2cnn(C)c2)CCC1C(=O)O. The molecule has 2 atom stereocenters. The van der Waals surface area contributed by atoms with Crippen LogP contribution >= 0.6 is 0 Å². The number of aromatic nitrogens is 2. The summed E-state index contributed by atoms with van der Waals surface area (Å²) in [6.45, 7) is 2.23. The van der Waals surface area contributed by atoms with E-state index in [0.717, 1.165) is 0 Å². The van der Waals surface area contributed by atoms with Crippen LogP contribution in [0.3, 0.4) is 0 Å². The van der Waals surface area contributed by atoms with Gasteiger partial charge in [-0.2, -0.15) is 9.40 Å². The lowest BCUT2D eigenvalue weighted by Crippen LogP contribution is -2.44. The highest BCUT2D eigenvalue weighted by Crippen LogP contribution is 2.27. The standard InChI is InChI=1S/C11H17N3O4S/c1-8-6-14(4-3-10(8)11(15)16)19(17,18)9-5-12-13(2)7-9/h5,7-8,10H,3-4,6H2,1-2H3,(H,15,16). The normalized spacial score (nSPS) is 25.4. The second-order valence-corrected chi connectivity index (χ2v) is 6.86. The molecule has 0 aliphatic carbocycles. The molecule has 0 amide bonds. The monoisotopic (exact) mass is 287 g/mol. The van der Waals surface area contributed by atoms with Crippen molar-refractivity contribution in [2.24, 2.45) is 18.9 Å². The third-order valence-corrected chi connectivity index (χ3v) is 5.32. The molecule has 1 aliphatic rings. The minimum absolute atomic E-state index is 0.149. The fourth-order valence-electron chi connectivity index (χ4n) is 2.37. The molecule has 8 heteroatoms. The van der Waals surface area contributed by atoms with Crippen molar-refractivity contribution >= 4 is 16.0 Å². The zero-order valence-electron chi connectivity index (χ0n) is 10.9. The largest absolute Gasteiger partial charge is 0.481 e. The molecule has 0 spiro atoms. The van der Waals surface area contributed by atoms with Gasteiger partial charge in [-0.05, 0) is 12.3 Å². The molecule has 1 aliphatic heterocycles. The first-order valence-electron chi connectivity index (χ1n) is 6.04. The molecule has 19 heavy (non-hydrogen) atoms. The number of aryl methyl sites for hydroxylation is 1. The van der Waals surface area contributed by atoms with Gasteiger partial charge in [-0.25, -0.2) is 8.42 Å². The summed E-state index contributed by atoms with van der Waals surface area (Å²) in [7, 11) is -1.92. The summed E-state index contributed by atoms with van der Waals surface area (Å²) in [5, 5.41) is 12.9. The van der Waals surface area contributed by atoms with Gasteiger partial charge in [0.15, 0.2) is 0 Å². The van der Waals surface area contributed by atoms with Crippen LogP contribution in [-0.2, 0) is 21.9 Å². The fourth-order valence-corrected chi connectivity index (χ4v) is 3.91. The Morgan fingerprint density at radius 1 is 1.53 bits per heavy atom. The molecule has 1 aromatic rings. The molecule has 0 radical (unpaired) electrons. The fraction of sp³-hybridized carbons (Fsp3) is 0.636. The number of piperidine rings is 1. The molecule has 1 fully saturated rings. The van der Waals surface area contributed by atoms with Crippen molar-refractivity contribution in [2.75, 3.05) is 13.1 Å². The maximum Gasteiger partial charge on any atom is 0.306 e. The number of carboxylic acids is 1. The summed E-state index contributed by atoms with van der Waals surface area (Å²) >= 11 is 0. The van der Waals surface area contributed by atoms with Crippen LogP contribution in [0.2, 0.25) is 0 Å². The molecular weight excluding hydrogens is 270 g/mol. The second kappa shape index (κ2) is 4.93. The van der Waals surface area contributed by atoms with Gasteiger partial charge < -0.3 is 5.11 Å². The lowest BCUT2D eigenvalue weighted by atomic mass is 9.88. The number of aliphatic carboxylic acids is 1. The average Bonchev–Trinajstić information content (AvgIpc) is 2.76. The number of nitrogens with zero attached hydrogens (tertiary/aromatic N) is 3. The lowest BCUT2D eigenvalue weighted by molar-refractivity contribution is -0.144. The van der Waals surface area contributed by atoms with E-state index < -0.39 is 21.9 Å². The van der Waals surface area contributed by atoms with Crippen LogP contribution in [0.25, 0.3) is 0 Å². The van der Waals surface area contributed by atoms with E-state index in [1.807, 2.05) is 0 Å². The number of hydrogen-bond acceptors (Lipinski definition) is 4. The average molecular weight is 287 g/mol. The smallest absolute Gasteiger partial charge is 0.306 e. The molecule has 0 saturated carbocycles. The van der Waals surface area contributed by atoms with Crippen molar-refractivity contribution in [3.63, 3.8) is 0 Å². The van der Waals surface area contributed by atoms with Crippen LogP contribution in [0.1, 0.15) is 13.3 Å². The van der Waals surface area contributed by atoms with E-state index in [-0.39, 0.29) is 23.9 Å². The van der Waals surface area contributed by atoms with Crippen LogP contribution in [0, 0.1) is 11.8 Å². The van der Waals surface area contributed by atoms with Crippen molar-refractivity contribution in [3.8, 4) is 0 Å². The van der Waals surface area contributed by atoms with Gasteiger partial charge in [-0.3, -0.25) is 9.48 Å². The maximum atomic E-state index is 12.3. The zero-order valence-corrected chi connectivity index (χ0v) is 11.7. The van der Waals surface area contributed by atoms with Gasteiger partial charge >= 0.3 is 5.97 Å². The topological polar surface area (TPSA) is 92.5 Å². The third kappa shape index (κ3) is 2.64. The summed E-state index contributed by atoms with van der Waals surface area (Å²) in [4.78, 5) is 11.2. The highest BCUT2D eigenvalue weighted by atomic mass is 32.2. The first-order chi connectivity index (χ1) is 8.82. The Morgan fingerprint density at radius 3 is 2.68 bits per heavy atom. The van der Waals surface area contributed by atoms with Gasteiger partial charge in [0.25, 0.3) is 0 Å². The Bertz CT molecular complexity index is 581. The number of carbonyl (C=O) groups is 1. The van der Waals surface area contributed by atoms with E-state index in [4.69, 9.17) is 5.11 Å².